The second-order valence-electron chi connectivity index (χ2n) is 5.89. The molecule has 0 bridgehead atoms. The second kappa shape index (κ2) is 6.11. The Labute approximate surface area is 121 Å². The predicted octanol–water partition coefficient (Wildman–Crippen LogP) is 1.87. The minimum atomic E-state index is -3.56. The topological polar surface area (TPSA) is 81.4 Å². The summed E-state index contributed by atoms with van der Waals surface area (Å²) in [6.45, 7) is 8.03. The molecule has 20 heavy (non-hydrogen) atoms. The fourth-order valence-corrected chi connectivity index (χ4v) is 3.06. The van der Waals surface area contributed by atoms with Crippen molar-refractivity contribution < 1.29 is 13.2 Å². The SMILES string of the molecule is COc1ccc(S(=O)(=O)NC(C)C(C)(C)C)cc1CN. The zero-order valence-electron chi connectivity index (χ0n) is 12.7. The summed E-state index contributed by atoms with van der Waals surface area (Å²) in [5, 5.41) is 0. The number of sulfonamides is 1. The van der Waals surface area contributed by atoms with Gasteiger partial charge in [-0.05, 0) is 30.5 Å². The van der Waals surface area contributed by atoms with Gasteiger partial charge in [0.1, 0.15) is 5.75 Å². The molecule has 0 aliphatic heterocycles. The molecule has 0 amide bonds. The van der Waals surface area contributed by atoms with Crippen LogP contribution in [0.2, 0.25) is 0 Å². The molecule has 1 aromatic rings. The van der Waals surface area contributed by atoms with Crippen molar-refractivity contribution in [2.24, 2.45) is 11.1 Å². The highest BCUT2D eigenvalue weighted by Crippen LogP contribution is 2.24. The molecule has 0 heterocycles. The predicted molar refractivity (Wildman–Crippen MR) is 80.1 cm³/mol. The summed E-state index contributed by atoms with van der Waals surface area (Å²) in [6, 6.07) is 4.51. The largest absolute Gasteiger partial charge is 0.496 e. The van der Waals surface area contributed by atoms with Gasteiger partial charge in [0, 0.05) is 18.2 Å². The van der Waals surface area contributed by atoms with E-state index in [2.05, 4.69) is 4.72 Å². The van der Waals surface area contributed by atoms with E-state index in [9.17, 15) is 8.42 Å². The van der Waals surface area contributed by atoms with Gasteiger partial charge in [-0.1, -0.05) is 20.8 Å². The molecule has 5 nitrogen and oxygen atoms in total. The van der Waals surface area contributed by atoms with E-state index >= 15 is 0 Å². The molecule has 0 aromatic heterocycles. The Bertz CT molecular complexity index is 562. The van der Waals surface area contributed by atoms with Gasteiger partial charge in [0.2, 0.25) is 10.0 Å². The van der Waals surface area contributed by atoms with E-state index in [-0.39, 0.29) is 22.9 Å². The Morgan fingerprint density at radius 1 is 1.35 bits per heavy atom. The van der Waals surface area contributed by atoms with Gasteiger partial charge in [-0.25, -0.2) is 13.1 Å². The lowest BCUT2D eigenvalue weighted by molar-refractivity contribution is 0.317. The minimum Gasteiger partial charge on any atom is -0.496 e. The van der Waals surface area contributed by atoms with E-state index in [0.717, 1.165) is 0 Å². The fourth-order valence-electron chi connectivity index (χ4n) is 1.56. The van der Waals surface area contributed by atoms with Crippen LogP contribution in [-0.4, -0.2) is 21.6 Å². The number of hydrogen-bond acceptors (Lipinski definition) is 4. The molecule has 1 rings (SSSR count). The Morgan fingerprint density at radius 3 is 2.40 bits per heavy atom. The normalized spacial score (nSPS) is 14.1. The van der Waals surface area contributed by atoms with Gasteiger partial charge in [0.05, 0.1) is 12.0 Å². The van der Waals surface area contributed by atoms with Crippen LogP contribution < -0.4 is 15.2 Å². The van der Waals surface area contributed by atoms with Crippen LogP contribution in [-0.2, 0) is 16.6 Å². The number of hydrogen-bond donors (Lipinski definition) is 2. The van der Waals surface area contributed by atoms with Crippen LogP contribution in [0.5, 0.6) is 5.75 Å². The first kappa shape index (κ1) is 16.9. The molecule has 0 saturated carbocycles. The first-order valence-corrected chi connectivity index (χ1v) is 7.99. The van der Waals surface area contributed by atoms with Crippen molar-refractivity contribution in [3.8, 4) is 5.75 Å². The molecule has 0 spiro atoms. The highest BCUT2D eigenvalue weighted by Gasteiger charge is 2.26. The van der Waals surface area contributed by atoms with E-state index in [1.807, 2.05) is 27.7 Å². The fraction of sp³-hybridized carbons (Fsp3) is 0.571. The molecular weight excluding hydrogens is 276 g/mol. The highest BCUT2D eigenvalue weighted by atomic mass is 32.2. The lowest BCUT2D eigenvalue weighted by atomic mass is 9.89. The van der Waals surface area contributed by atoms with Crippen LogP contribution in [0, 0.1) is 5.41 Å². The van der Waals surface area contributed by atoms with Gasteiger partial charge in [-0.3, -0.25) is 0 Å². The van der Waals surface area contributed by atoms with Crippen molar-refractivity contribution in [2.45, 2.75) is 45.2 Å². The molecule has 0 aliphatic carbocycles. The summed E-state index contributed by atoms with van der Waals surface area (Å²) < 4.78 is 32.6. The van der Waals surface area contributed by atoms with Crippen molar-refractivity contribution in [3.05, 3.63) is 23.8 Å². The third-order valence-corrected chi connectivity index (χ3v) is 4.95. The molecular formula is C14H24N2O3S. The number of rotatable bonds is 5. The molecule has 0 fully saturated rings. The number of methoxy groups -OCH3 is 1. The maximum atomic E-state index is 12.4. The van der Waals surface area contributed by atoms with Crippen molar-refractivity contribution in [2.75, 3.05) is 7.11 Å². The van der Waals surface area contributed by atoms with Crippen LogP contribution in [0.3, 0.4) is 0 Å². The number of nitrogens with two attached hydrogens (primary N) is 1. The summed E-state index contributed by atoms with van der Waals surface area (Å²) in [5.41, 5.74) is 6.12. The summed E-state index contributed by atoms with van der Waals surface area (Å²) >= 11 is 0. The van der Waals surface area contributed by atoms with E-state index in [4.69, 9.17) is 10.5 Å². The first-order chi connectivity index (χ1) is 9.11. The summed E-state index contributed by atoms with van der Waals surface area (Å²) in [7, 11) is -2.03. The average Bonchev–Trinajstić information content (AvgIpc) is 2.36. The lowest BCUT2D eigenvalue weighted by Crippen LogP contribution is -2.41. The third kappa shape index (κ3) is 3.94. The van der Waals surface area contributed by atoms with Crippen LogP contribution in [0.15, 0.2) is 23.1 Å². The molecule has 114 valence electrons. The zero-order valence-corrected chi connectivity index (χ0v) is 13.5. The number of ether oxygens (including phenoxy) is 1. The van der Waals surface area contributed by atoms with Gasteiger partial charge in [0.15, 0.2) is 0 Å². The number of nitrogens with one attached hydrogen (secondary N) is 1. The molecule has 1 unspecified atom stereocenters. The molecule has 0 radical (unpaired) electrons. The van der Waals surface area contributed by atoms with E-state index < -0.39 is 10.0 Å². The van der Waals surface area contributed by atoms with Crippen LogP contribution in [0.1, 0.15) is 33.3 Å². The molecule has 3 N–H and O–H groups in total. The summed E-state index contributed by atoms with van der Waals surface area (Å²) in [5.74, 6) is 0.593. The molecule has 1 aromatic carbocycles. The standard InChI is InChI=1S/C14H24N2O3S/c1-10(14(2,3)4)16-20(17,18)12-6-7-13(19-5)11(8-12)9-15/h6-8,10,16H,9,15H2,1-5H3. The van der Waals surface area contributed by atoms with Crippen LogP contribution in [0.4, 0.5) is 0 Å². The van der Waals surface area contributed by atoms with Gasteiger partial charge >= 0.3 is 0 Å². The van der Waals surface area contributed by atoms with Gasteiger partial charge in [0.25, 0.3) is 0 Å². The van der Waals surface area contributed by atoms with Crippen molar-refractivity contribution in [1.82, 2.24) is 4.72 Å². The van der Waals surface area contributed by atoms with Gasteiger partial charge < -0.3 is 10.5 Å². The monoisotopic (exact) mass is 300 g/mol. The second-order valence-corrected chi connectivity index (χ2v) is 7.60. The first-order valence-electron chi connectivity index (χ1n) is 6.51. The zero-order chi connectivity index (χ0) is 15.6. The highest BCUT2D eigenvalue weighted by molar-refractivity contribution is 7.89. The Morgan fingerprint density at radius 2 is 1.95 bits per heavy atom. The Kier molecular flexibility index (Phi) is 5.18. The molecule has 6 heteroatoms. The van der Waals surface area contributed by atoms with E-state index in [1.165, 1.54) is 13.2 Å². The van der Waals surface area contributed by atoms with Gasteiger partial charge in [-0.2, -0.15) is 0 Å². The molecule has 0 saturated heterocycles. The van der Waals surface area contributed by atoms with Crippen molar-refractivity contribution in [1.29, 1.82) is 0 Å². The minimum absolute atomic E-state index is 0.157. The van der Waals surface area contributed by atoms with Gasteiger partial charge in [-0.15, -0.1) is 0 Å². The maximum absolute atomic E-state index is 12.4. The number of benzene rings is 1. The summed E-state index contributed by atoms with van der Waals surface area (Å²) in [6.07, 6.45) is 0. The average molecular weight is 300 g/mol. The van der Waals surface area contributed by atoms with E-state index in [1.54, 1.807) is 12.1 Å². The lowest BCUT2D eigenvalue weighted by Gasteiger charge is -2.27. The Balaban J connectivity index is 3.10. The van der Waals surface area contributed by atoms with Crippen LogP contribution >= 0.6 is 0 Å². The maximum Gasteiger partial charge on any atom is 0.240 e. The van der Waals surface area contributed by atoms with Crippen molar-refractivity contribution in [3.63, 3.8) is 0 Å². The molecule has 0 aliphatic rings. The molecule has 1 atom stereocenters. The van der Waals surface area contributed by atoms with E-state index in [0.29, 0.717) is 11.3 Å². The van der Waals surface area contributed by atoms with Crippen molar-refractivity contribution >= 4 is 10.0 Å². The third-order valence-electron chi connectivity index (χ3n) is 3.41. The van der Waals surface area contributed by atoms with Crippen LogP contribution in [0.25, 0.3) is 0 Å². The summed E-state index contributed by atoms with van der Waals surface area (Å²) in [4.78, 5) is 0.204. The Hall–Kier alpha value is -1.11. The smallest absolute Gasteiger partial charge is 0.240 e. The quantitative estimate of drug-likeness (QED) is 0.869.